The van der Waals surface area contributed by atoms with Gasteiger partial charge >= 0.3 is 0 Å². The third-order valence-corrected chi connectivity index (χ3v) is 15.5. The second kappa shape index (κ2) is 18.3. The van der Waals surface area contributed by atoms with Gasteiger partial charge in [0.05, 0.1) is 22.7 Å². The van der Waals surface area contributed by atoms with E-state index in [1.165, 1.54) is 145 Å². The van der Waals surface area contributed by atoms with Crippen LogP contribution < -0.4 is 36.0 Å². The van der Waals surface area contributed by atoms with Gasteiger partial charge in [-0.25, -0.2) is 0 Å². The van der Waals surface area contributed by atoms with Crippen LogP contribution in [0.5, 0.6) is 0 Å². The number of benzene rings is 9. The minimum absolute atomic E-state index is 0.0704. The van der Waals surface area contributed by atoms with Gasteiger partial charge in [0.1, 0.15) is 0 Å². The van der Waals surface area contributed by atoms with Gasteiger partial charge in [0.15, 0.2) is 0 Å². The van der Waals surface area contributed by atoms with Crippen molar-refractivity contribution in [1.29, 1.82) is 0 Å². The van der Waals surface area contributed by atoms with Gasteiger partial charge in [-0.1, -0.05) is 72.8 Å². The molecule has 0 radical (unpaired) electrons. The molecule has 11 rings (SSSR count). The van der Waals surface area contributed by atoms with Gasteiger partial charge in [-0.15, -0.1) is 0 Å². The van der Waals surface area contributed by atoms with Crippen molar-refractivity contribution in [2.45, 2.75) is 104 Å². The van der Waals surface area contributed by atoms with E-state index in [4.69, 9.17) is 0 Å². The molecule has 4 nitrogen and oxygen atoms in total. The van der Waals surface area contributed by atoms with Crippen LogP contribution in [-0.4, -0.2) is 6.71 Å². The Labute approximate surface area is 441 Å². The number of hydrogen-bond acceptors (Lipinski definition) is 4. The lowest BCUT2D eigenvalue weighted by molar-refractivity contribution is 1.17. The van der Waals surface area contributed by atoms with E-state index in [1.807, 2.05) is 0 Å². The fourth-order valence-corrected chi connectivity index (χ4v) is 12.9. The summed E-state index contributed by atoms with van der Waals surface area (Å²) in [6.07, 6.45) is 0. The van der Waals surface area contributed by atoms with Crippen LogP contribution in [0, 0.1) is 104 Å². The largest absolute Gasteiger partial charge is 0.311 e. The van der Waals surface area contributed by atoms with E-state index in [0.29, 0.717) is 0 Å². The van der Waals surface area contributed by atoms with Gasteiger partial charge in [0, 0.05) is 45.5 Å². The molecule has 0 aromatic heterocycles. The van der Waals surface area contributed by atoms with E-state index in [-0.39, 0.29) is 6.71 Å². The van der Waals surface area contributed by atoms with Crippen molar-refractivity contribution in [3.05, 3.63) is 229 Å². The van der Waals surface area contributed by atoms with E-state index >= 15 is 0 Å². The first kappa shape index (κ1) is 48.5. The Balaban J connectivity index is 1.26. The molecular formula is C69H69BN4. The second-order valence-electron chi connectivity index (χ2n) is 22.3. The fourth-order valence-electron chi connectivity index (χ4n) is 12.9. The number of aryl methyl sites for hydroxylation is 15. The van der Waals surface area contributed by atoms with E-state index < -0.39 is 0 Å². The molecule has 0 N–H and O–H groups in total. The summed E-state index contributed by atoms with van der Waals surface area (Å²) >= 11 is 0. The minimum Gasteiger partial charge on any atom is -0.311 e. The van der Waals surface area contributed by atoms with E-state index in [1.54, 1.807) is 0 Å². The number of para-hydroxylation sites is 2. The average molecular weight is 965 g/mol. The maximum absolute atomic E-state index is 2.63. The molecule has 0 amide bonds. The Morgan fingerprint density at radius 3 is 0.838 bits per heavy atom. The highest BCUT2D eigenvalue weighted by molar-refractivity contribution is 7.00. The number of anilines is 12. The van der Waals surface area contributed by atoms with Gasteiger partial charge in [-0.2, -0.15) is 0 Å². The maximum Gasteiger partial charge on any atom is 0.252 e. The predicted octanol–water partition coefficient (Wildman–Crippen LogP) is 17.3. The normalized spacial score (nSPS) is 12.4. The summed E-state index contributed by atoms with van der Waals surface area (Å²) in [4.78, 5) is 10.3. The molecule has 0 unspecified atom stereocenters. The third kappa shape index (κ3) is 8.27. The molecule has 74 heavy (non-hydrogen) atoms. The third-order valence-electron chi connectivity index (χ3n) is 15.5. The number of hydrogen-bond donors (Lipinski definition) is 0. The molecule has 0 saturated carbocycles. The van der Waals surface area contributed by atoms with Crippen LogP contribution >= 0.6 is 0 Å². The van der Waals surface area contributed by atoms with Crippen LogP contribution in [-0.2, 0) is 0 Å². The molecule has 9 aromatic rings. The SMILES string of the molecule is Cc1cc(C)cc(N(c2cc(C)cc(C)c2)c2cc3c(cc2C)B2c4cc(C)c(N(c5cc(C)cc(C)c5)c5cc(C)cc(C)c5)cc4N(c4c(C)cccc4C)c4cc(C)cc(c42)N3c2c(C)cccc2C)c1. The van der Waals surface area contributed by atoms with Gasteiger partial charge in [-0.3, -0.25) is 0 Å². The van der Waals surface area contributed by atoms with Crippen LogP contribution in [0.4, 0.5) is 68.2 Å². The average Bonchev–Trinajstić information content (AvgIpc) is 3.31. The molecule has 5 heteroatoms. The van der Waals surface area contributed by atoms with Crippen LogP contribution in [0.2, 0.25) is 0 Å². The number of fused-ring (bicyclic) bond motifs is 4. The van der Waals surface area contributed by atoms with Crippen molar-refractivity contribution < 1.29 is 0 Å². The molecular weight excluding hydrogens is 896 g/mol. The van der Waals surface area contributed by atoms with E-state index in [9.17, 15) is 0 Å². The zero-order chi connectivity index (χ0) is 52.2. The Morgan fingerprint density at radius 2 is 0.554 bits per heavy atom. The van der Waals surface area contributed by atoms with Crippen molar-refractivity contribution >= 4 is 91.3 Å². The van der Waals surface area contributed by atoms with Crippen molar-refractivity contribution in [2.75, 3.05) is 19.6 Å². The quantitative estimate of drug-likeness (QED) is 0.141. The van der Waals surface area contributed by atoms with Gasteiger partial charge < -0.3 is 19.6 Å². The number of rotatable bonds is 8. The molecule has 0 fully saturated rings. The summed E-state index contributed by atoms with van der Waals surface area (Å²) in [5.41, 5.74) is 36.9. The highest BCUT2D eigenvalue weighted by Gasteiger charge is 2.45. The molecule has 0 aliphatic carbocycles. The smallest absolute Gasteiger partial charge is 0.252 e. The van der Waals surface area contributed by atoms with Crippen LogP contribution in [0.3, 0.4) is 0 Å². The standard InChI is InChI=1S/C69H69BN4/c1-40-22-41(2)27-55(26-40)71(56-28-42(3)23-43(4)29-56)61-38-63-59(36-53(61)14)70-60-37-54(15)62(72(57-30-44(5)24-45(6)31-57)58-32-46(7)25-47(8)33-58)39-64(60)74(69-51(12)20-17-21-52(69)13)66-35-48(9)34-65(67(66)70)73(63)68-49(10)18-16-19-50(68)11/h16-39H,1-15H3. The van der Waals surface area contributed by atoms with E-state index in [2.05, 4.69) is 269 Å². The molecule has 0 spiro atoms. The summed E-state index contributed by atoms with van der Waals surface area (Å²) in [6, 6.07) is 56.5. The van der Waals surface area contributed by atoms with Crippen LogP contribution in [0.15, 0.2) is 146 Å². The predicted molar refractivity (Wildman–Crippen MR) is 321 cm³/mol. The molecule has 368 valence electrons. The molecule has 0 atom stereocenters. The zero-order valence-electron chi connectivity index (χ0n) is 46.2. The van der Waals surface area contributed by atoms with Crippen molar-refractivity contribution in [3.63, 3.8) is 0 Å². The Hall–Kier alpha value is -7.76. The highest BCUT2D eigenvalue weighted by atomic mass is 15.2. The molecule has 2 aliphatic heterocycles. The molecule has 9 aromatic carbocycles. The Kier molecular flexibility index (Phi) is 12.0. The molecule has 0 bridgehead atoms. The minimum atomic E-state index is -0.0704. The first-order valence-corrected chi connectivity index (χ1v) is 26.4. The van der Waals surface area contributed by atoms with Crippen molar-refractivity contribution in [3.8, 4) is 0 Å². The lowest BCUT2D eigenvalue weighted by Crippen LogP contribution is -2.61. The highest BCUT2D eigenvalue weighted by Crippen LogP contribution is 2.51. The van der Waals surface area contributed by atoms with Crippen molar-refractivity contribution in [2.24, 2.45) is 0 Å². The Morgan fingerprint density at radius 1 is 0.284 bits per heavy atom. The molecule has 2 aliphatic rings. The van der Waals surface area contributed by atoms with Crippen LogP contribution in [0.1, 0.15) is 83.5 Å². The van der Waals surface area contributed by atoms with Crippen molar-refractivity contribution in [1.82, 2.24) is 0 Å². The first-order chi connectivity index (χ1) is 35.3. The maximum atomic E-state index is 2.63. The lowest BCUT2D eigenvalue weighted by atomic mass is 9.33. The summed E-state index contributed by atoms with van der Waals surface area (Å²) in [7, 11) is 0. The summed E-state index contributed by atoms with van der Waals surface area (Å²) in [5, 5.41) is 0. The zero-order valence-corrected chi connectivity index (χ0v) is 46.2. The monoisotopic (exact) mass is 965 g/mol. The molecule has 0 saturated heterocycles. The van der Waals surface area contributed by atoms with Gasteiger partial charge in [0.2, 0.25) is 0 Å². The van der Waals surface area contributed by atoms with Gasteiger partial charge in [0.25, 0.3) is 6.71 Å². The fraction of sp³-hybridized carbons (Fsp3) is 0.217. The topological polar surface area (TPSA) is 13.0 Å². The van der Waals surface area contributed by atoms with Crippen LogP contribution in [0.25, 0.3) is 0 Å². The van der Waals surface area contributed by atoms with Gasteiger partial charge in [-0.05, 0) is 276 Å². The Bertz CT molecular complexity index is 3320. The lowest BCUT2D eigenvalue weighted by Gasteiger charge is -2.46. The van der Waals surface area contributed by atoms with E-state index in [0.717, 1.165) is 22.7 Å². The molecule has 2 heterocycles. The summed E-state index contributed by atoms with van der Waals surface area (Å²) in [5.74, 6) is 0. The second-order valence-corrected chi connectivity index (χ2v) is 22.3. The summed E-state index contributed by atoms with van der Waals surface area (Å²) < 4.78 is 0. The first-order valence-electron chi connectivity index (χ1n) is 26.4. The number of nitrogens with zero attached hydrogens (tertiary/aromatic N) is 4. The summed E-state index contributed by atoms with van der Waals surface area (Å²) in [6.45, 7) is 33.7.